The van der Waals surface area contributed by atoms with Crippen molar-refractivity contribution in [1.82, 2.24) is 25.4 Å². The SMILES string of the molecule is CCCC[C@@H](Sc1nnnn1-c1ccccc1C)C(=O)Nc1cc(C)on1. The molecule has 0 fully saturated rings. The van der Waals surface area contributed by atoms with E-state index in [0.717, 1.165) is 24.1 Å². The number of amides is 1. The molecular weight excluding hydrogens is 364 g/mol. The van der Waals surface area contributed by atoms with Gasteiger partial charge in [0.1, 0.15) is 5.76 Å². The third kappa shape index (κ3) is 4.73. The number of hydrogen-bond donors (Lipinski definition) is 1. The second kappa shape index (κ2) is 8.81. The molecule has 0 aliphatic rings. The molecule has 8 nitrogen and oxygen atoms in total. The van der Waals surface area contributed by atoms with Gasteiger partial charge in [0, 0.05) is 6.07 Å². The van der Waals surface area contributed by atoms with Crippen molar-refractivity contribution in [2.45, 2.75) is 50.4 Å². The number of rotatable bonds is 8. The predicted molar refractivity (Wildman–Crippen MR) is 103 cm³/mol. The Morgan fingerprint density at radius 1 is 1.33 bits per heavy atom. The fraction of sp³-hybridized carbons (Fsp3) is 0.389. The molecule has 1 atom stereocenters. The van der Waals surface area contributed by atoms with Crippen LogP contribution in [0.15, 0.2) is 40.0 Å². The molecule has 1 N–H and O–H groups in total. The Morgan fingerprint density at radius 3 is 2.85 bits per heavy atom. The van der Waals surface area contributed by atoms with Gasteiger partial charge in [-0.15, -0.1) is 5.10 Å². The second-order valence-corrected chi connectivity index (χ2v) is 7.39. The van der Waals surface area contributed by atoms with Gasteiger partial charge in [-0.25, -0.2) is 0 Å². The Bertz CT molecular complexity index is 907. The third-order valence-electron chi connectivity index (χ3n) is 4.02. The molecule has 0 radical (unpaired) electrons. The zero-order chi connectivity index (χ0) is 19.2. The topological polar surface area (TPSA) is 98.7 Å². The summed E-state index contributed by atoms with van der Waals surface area (Å²) in [5, 5.41) is 18.9. The van der Waals surface area contributed by atoms with Crippen LogP contribution < -0.4 is 5.32 Å². The van der Waals surface area contributed by atoms with E-state index in [0.29, 0.717) is 23.2 Å². The van der Waals surface area contributed by atoms with Crippen molar-refractivity contribution >= 4 is 23.5 Å². The number of benzene rings is 1. The average molecular weight is 386 g/mol. The van der Waals surface area contributed by atoms with E-state index >= 15 is 0 Å². The minimum Gasteiger partial charge on any atom is -0.360 e. The molecule has 3 aromatic rings. The summed E-state index contributed by atoms with van der Waals surface area (Å²) in [6.45, 7) is 5.87. The van der Waals surface area contributed by atoms with Crippen LogP contribution in [-0.2, 0) is 4.79 Å². The van der Waals surface area contributed by atoms with Gasteiger partial charge in [0.2, 0.25) is 11.1 Å². The first-order chi connectivity index (χ1) is 13.1. The van der Waals surface area contributed by atoms with Gasteiger partial charge in [0.05, 0.1) is 10.9 Å². The highest BCUT2D eigenvalue weighted by Gasteiger charge is 2.24. The number of carbonyl (C=O) groups excluding carboxylic acids is 1. The monoisotopic (exact) mass is 386 g/mol. The van der Waals surface area contributed by atoms with Crippen molar-refractivity contribution < 1.29 is 9.32 Å². The Labute approximate surface area is 161 Å². The van der Waals surface area contributed by atoms with Crippen LogP contribution in [0, 0.1) is 13.8 Å². The molecule has 3 rings (SSSR count). The van der Waals surface area contributed by atoms with E-state index in [2.05, 4.69) is 32.9 Å². The smallest absolute Gasteiger partial charge is 0.239 e. The van der Waals surface area contributed by atoms with E-state index in [-0.39, 0.29) is 11.2 Å². The third-order valence-corrected chi connectivity index (χ3v) is 5.22. The minimum absolute atomic E-state index is 0.138. The molecule has 0 spiro atoms. The van der Waals surface area contributed by atoms with Crippen LogP contribution in [0.25, 0.3) is 5.69 Å². The maximum atomic E-state index is 12.8. The highest BCUT2D eigenvalue weighted by Crippen LogP contribution is 2.28. The summed E-state index contributed by atoms with van der Waals surface area (Å²) < 4.78 is 6.69. The molecule has 2 aromatic heterocycles. The van der Waals surface area contributed by atoms with Gasteiger partial charge in [-0.2, -0.15) is 4.68 Å². The fourth-order valence-electron chi connectivity index (χ4n) is 2.60. The lowest BCUT2D eigenvalue weighted by Gasteiger charge is -2.15. The molecule has 142 valence electrons. The van der Waals surface area contributed by atoms with E-state index in [1.165, 1.54) is 11.8 Å². The largest absolute Gasteiger partial charge is 0.360 e. The van der Waals surface area contributed by atoms with Gasteiger partial charge in [0.25, 0.3) is 0 Å². The molecule has 2 heterocycles. The Hall–Kier alpha value is -2.68. The number of para-hydroxylation sites is 1. The van der Waals surface area contributed by atoms with Crippen LogP contribution in [0.3, 0.4) is 0 Å². The van der Waals surface area contributed by atoms with Gasteiger partial charge >= 0.3 is 0 Å². The average Bonchev–Trinajstić information content (AvgIpc) is 3.27. The van der Waals surface area contributed by atoms with E-state index in [4.69, 9.17) is 4.52 Å². The summed E-state index contributed by atoms with van der Waals surface area (Å²) >= 11 is 1.36. The van der Waals surface area contributed by atoms with E-state index < -0.39 is 0 Å². The maximum Gasteiger partial charge on any atom is 0.239 e. The van der Waals surface area contributed by atoms with Gasteiger partial charge in [-0.3, -0.25) is 4.79 Å². The fourth-order valence-corrected chi connectivity index (χ4v) is 3.62. The van der Waals surface area contributed by atoms with Crippen molar-refractivity contribution in [1.29, 1.82) is 0 Å². The molecule has 0 aliphatic heterocycles. The number of aryl methyl sites for hydroxylation is 2. The lowest BCUT2D eigenvalue weighted by Crippen LogP contribution is -2.26. The van der Waals surface area contributed by atoms with Crippen molar-refractivity contribution in [3.05, 3.63) is 41.7 Å². The van der Waals surface area contributed by atoms with Crippen LogP contribution in [0.5, 0.6) is 0 Å². The molecule has 0 saturated carbocycles. The molecule has 0 unspecified atom stereocenters. The predicted octanol–water partition coefficient (Wildman–Crippen LogP) is 3.56. The molecule has 0 aliphatic carbocycles. The number of tetrazole rings is 1. The van der Waals surface area contributed by atoms with Gasteiger partial charge in [0.15, 0.2) is 5.82 Å². The molecule has 9 heteroatoms. The Balaban J connectivity index is 1.80. The Morgan fingerprint density at radius 2 is 2.15 bits per heavy atom. The number of nitrogens with zero attached hydrogens (tertiary/aromatic N) is 5. The van der Waals surface area contributed by atoms with E-state index in [9.17, 15) is 4.79 Å². The summed E-state index contributed by atoms with van der Waals surface area (Å²) in [4.78, 5) is 12.8. The Kier molecular flexibility index (Phi) is 6.23. The van der Waals surface area contributed by atoms with Crippen molar-refractivity contribution in [2.24, 2.45) is 0 Å². The van der Waals surface area contributed by atoms with Crippen molar-refractivity contribution in [3.63, 3.8) is 0 Å². The normalized spacial score (nSPS) is 12.1. The molecule has 1 amide bonds. The number of unbranched alkanes of at least 4 members (excludes halogenated alkanes) is 1. The van der Waals surface area contributed by atoms with E-state index in [1.807, 2.05) is 31.2 Å². The quantitative estimate of drug-likeness (QED) is 0.591. The van der Waals surface area contributed by atoms with Crippen molar-refractivity contribution in [3.8, 4) is 5.69 Å². The van der Waals surface area contributed by atoms with Crippen LogP contribution >= 0.6 is 11.8 Å². The molecule has 0 bridgehead atoms. The zero-order valence-corrected chi connectivity index (χ0v) is 16.4. The summed E-state index contributed by atoms with van der Waals surface area (Å²) in [5.41, 5.74) is 1.95. The summed E-state index contributed by atoms with van der Waals surface area (Å²) in [6, 6.07) is 9.55. The van der Waals surface area contributed by atoms with E-state index in [1.54, 1.807) is 17.7 Å². The van der Waals surface area contributed by atoms with Crippen molar-refractivity contribution in [2.75, 3.05) is 5.32 Å². The first-order valence-electron chi connectivity index (χ1n) is 8.83. The summed E-state index contributed by atoms with van der Waals surface area (Å²) in [7, 11) is 0. The van der Waals surface area contributed by atoms with Crippen LogP contribution in [0.4, 0.5) is 5.82 Å². The summed E-state index contributed by atoms with van der Waals surface area (Å²) in [5.74, 6) is 0.922. The van der Waals surface area contributed by atoms with Crippen LogP contribution in [0.2, 0.25) is 0 Å². The van der Waals surface area contributed by atoms with Crippen LogP contribution in [0.1, 0.15) is 37.5 Å². The number of nitrogens with one attached hydrogen (secondary N) is 1. The number of thioether (sulfide) groups is 1. The molecule has 1 aromatic carbocycles. The highest BCUT2D eigenvalue weighted by molar-refractivity contribution is 8.00. The van der Waals surface area contributed by atoms with Gasteiger partial charge in [-0.1, -0.05) is 54.9 Å². The maximum absolute atomic E-state index is 12.8. The number of anilines is 1. The number of aromatic nitrogens is 5. The van der Waals surface area contributed by atoms with Gasteiger partial charge < -0.3 is 9.84 Å². The molecule has 27 heavy (non-hydrogen) atoms. The minimum atomic E-state index is -0.337. The second-order valence-electron chi connectivity index (χ2n) is 6.22. The lowest BCUT2D eigenvalue weighted by atomic mass is 10.2. The highest BCUT2D eigenvalue weighted by atomic mass is 32.2. The first kappa shape index (κ1) is 19.1. The molecule has 0 saturated heterocycles. The van der Waals surface area contributed by atoms with Gasteiger partial charge in [-0.05, 0) is 42.3 Å². The standard InChI is InChI=1S/C18H22N6O2S/c1-4-5-10-15(17(25)19-16-11-13(3)26-21-16)27-18-20-22-23-24(18)14-9-7-6-8-12(14)2/h6-9,11,15H,4-5,10H2,1-3H3,(H,19,21,25)/t15-/m1/s1. The number of hydrogen-bond acceptors (Lipinski definition) is 7. The first-order valence-corrected chi connectivity index (χ1v) is 9.71. The zero-order valence-electron chi connectivity index (χ0n) is 15.5. The lowest BCUT2D eigenvalue weighted by molar-refractivity contribution is -0.115. The molecular formula is C18H22N6O2S. The number of carbonyl (C=O) groups is 1. The summed E-state index contributed by atoms with van der Waals surface area (Å²) in [6.07, 6.45) is 2.63. The van der Waals surface area contributed by atoms with Crippen LogP contribution in [-0.4, -0.2) is 36.5 Å².